The van der Waals surface area contributed by atoms with Gasteiger partial charge < -0.3 is 20.4 Å². The molecule has 1 saturated carbocycles. The first-order chi connectivity index (χ1) is 13.0. The minimum absolute atomic E-state index is 0.0298. The number of carbonyl (C=O) groups is 1. The third-order valence-corrected chi connectivity index (χ3v) is 5.42. The van der Waals surface area contributed by atoms with Crippen LogP contribution in [0.25, 0.3) is 0 Å². The minimum Gasteiger partial charge on any atom is -0.481 e. The lowest BCUT2D eigenvalue weighted by molar-refractivity contribution is -0.137. The fourth-order valence-electron chi connectivity index (χ4n) is 3.81. The average Bonchev–Trinajstić information content (AvgIpc) is 2.88. The molecule has 0 aromatic carbocycles. The zero-order valence-corrected chi connectivity index (χ0v) is 16.7. The largest absolute Gasteiger partial charge is 0.481 e. The summed E-state index contributed by atoms with van der Waals surface area (Å²) in [7, 11) is 0. The second-order valence-corrected chi connectivity index (χ2v) is 7.76. The van der Waals surface area contributed by atoms with E-state index in [0.717, 1.165) is 25.7 Å². The number of aliphatic hydroxyl groups excluding tert-OH is 3. The van der Waals surface area contributed by atoms with Gasteiger partial charge >= 0.3 is 5.97 Å². The van der Waals surface area contributed by atoms with E-state index >= 15 is 0 Å². The zero-order valence-electron chi connectivity index (χ0n) is 16.7. The maximum Gasteiger partial charge on any atom is 0.303 e. The van der Waals surface area contributed by atoms with Crippen LogP contribution >= 0.6 is 0 Å². The fourth-order valence-corrected chi connectivity index (χ4v) is 3.81. The number of unbranched alkanes of at least 4 members (excludes halogenated alkanes) is 5. The molecule has 27 heavy (non-hydrogen) atoms. The maximum atomic E-state index is 10.5. The van der Waals surface area contributed by atoms with Crippen molar-refractivity contribution in [3.8, 4) is 0 Å². The van der Waals surface area contributed by atoms with Crippen molar-refractivity contribution in [2.45, 2.75) is 95.9 Å². The van der Waals surface area contributed by atoms with Gasteiger partial charge in [-0.1, -0.05) is 56.9 Å². The number of hydrogen-bond acceptors (Lipinski definition) is 4. The van der Waals surface area contributed by atoms with Crippen LogP contribution in [-0.2, 0) is 4.79 Å². The van der Waals surface area contributed by atoms with Gasteiger partial charge in [-0.2, -0.15) is 0 Å². The van der Waals surface area contributed by atoms with Crippen molar-refractivity contribution in [2.75, 3.05) is 0 Å². The van der Waals surface area contributed by atoms with E-state index < -0.39 is 24.3 Å². The first-order valence-electron chi connectivity index (χ1n) is 10.5. The molecule has 0 heterocycles. The van der Waals surface area contributed by atoms with Crippen molar-refractivity contribution in [3.63, 3.8) is 0 Å². The van der Waals surface area contributed by atoms with E-state index in [-0.39, 0.29) is 18.3 Å². The average molecular weight is 383 g/mol. The molecule has 0 radical (unpaired) electrons. The van der Waals surface area contributed by atoms with Crippen molar-refractivity contribution in [1.29, 1.82) is 0 Å². The smallest absolute Gasteiger partial charge is 0.303 e. The van der Waals surface area contributed by atoms with E-state index in [1.165, 1.54) is 19.3 Å². The molecule has 5 atom stereocenters. The van der Waals surface area contributed by atoms with Crippen LogP contribution in [0.2, 0.25) is 0 Å². The lowest BCUT2D eigenvalue weighted by Gasteiger charge is -2.21. The molecule has 0 spiro atoms. The third-order valence-electron chi connectivity index (χ3n) is 5.42. The van der Waals surface area contributed by atoms with Crippen molar-refractivity contribution >= 4 is 5.97 Å². The van der Waals surface area contributed by atoms with Crippen molar-refractivity contribution in [2.24, 2.45) is 11.8 Å². The van der Waals surface area contributed by atoms with Gasteiger partial charge in [0.25, 0.3) is 0 Å². The van der Waals surface area contributed by atoms with Gasteiger partial charge in [-0.15, -0.1) is 0 Å². The normalized spacial score (nSPS) is 27.0. The molecular formula is C22H38O5. The lowest BCUT2D eigenvalue weighted by Crippen LogP contribution is -2.21. The molecule has 0 saturated heterocycles. The van der Waals surface area contributed by atoms with Gasteiger partial charge in [0.1, 0.15) is 0 Å². The van der Waals surface area contributed by atoms with Gasteiger partial charge in [0, 0.05) is 18.8 Å². The molecule has 5 heteroatoms. The third kappa shape index (κ3) is 10.1. The first-order valence-corrected chi connectivity index (χ1v) is 10.5. The van der Waals surface area contributed by atoms with Gasteiger partial charge in [0.2, 0.25) is 0 Å². The van der Waals surface area contributed by atoms with Crippen LogP contribution in [0.5, 0.6) is 0 Å². The highest BCUT2D eigenvalue weighted by Crippen LogP contribution is 2.37. The standard InChI is InChI=1S/C22H38O5/c1-2-3-4-5-6-8-11-17(23)14-15-19-18(20(24)16-21(19)25)12-9-7-10-13-22(26)27/h6,8,14-15,17-21,23-25H,2-5,7,9-13,16H2,1H3,(H,26,27)/b8-6-,15-14+. The molecule has 1 aliphatic rings. The van der Waals surface area contributed by atoms with Crippen molar-refractivity contribution in [3.05, 3.63) is 24.3 Å². The van der Waals surface area contributed by atoms with E-state index in [1.807, 2.05) is 12.2 Å². The Hall–Kier alpha value is -1.17. The Bertz CT molecular complexity index is 460. The molecule has 5 nitrogen and oxygen atoms in total. The zero-order chi connectivity index (χ0) is 20.1. The Morgan fingerprint density at radius 1 is 1.07 bits per heavy atom. The summed E-state index contributed by atoms with van der Waals surface area (Å²) in [5, 5.41) is 39.2. The number of hydrogen-bond donors (Lipinski definition) is 4. The van der Waals surface area contributed by atoms with Crippen LogP contribution in [0.3, 0.4) is 0 Å². The molecular weight excluding hydrogens is 344 g/mol. The Morgan fingerprint density at radius 2 is 1.85 bits per heavy atom. The molecule has 0 aromatic rings. The minimum atomic E-state index is -0.777. The molecule has 0 aromatic heterocycles. The molecule has 0 aliphatic heterocycles. The summed E-state index contributed by atoms with van der Waals surface area (Å²) in [6.45, 7) is 2.18. The first kappa shape index (κ1) is 23.9. The SMILES string of the molecule is CCCCC/C=C\CC(O)/C=C/C1C(O)CC(O)C1CCCCCC(=O)O. The van der Waals surface area contributed by atoms with Crippen LogP contribution in [0.1, 0.15) is 77.6 Å². The summed E-state index contributed by atoms with van der Waals surface area (Å²) in [5.41, 5.74) is 0. The second-order valence-electron chi connectivity index (χ2n) is 7.76. The molecule has 5 unspecified atom stereocenters. The molecule has 1 aliphatic carbocycles. The molecule has 0 bridgehead atoms. The summed E-state index contributed by atoms with van der Waals surface area (Å²) < 4.78 is 0. The fraction of sp³-hybridized carbons (Fsp3) is 0.773. The highest BCUT2D eigenvalue weighted by molar-refractivity contribution is 5.66. The number of allylic oxidation sites excluding steroid dienone is 1. The number of carboxylic acid groups (broad SMARTS) is 1. The number of aliphatic carboxylic acids is 1. The Morgan fingerprint density at radius 3 is 2.56 bits per heavy atom. The van der Waals surface area contributed by atoms with Crippen LogP contribution < -0.4 is 0 Å². The van der Waals surface area contributed by atoms with Crippen LogP contribution in [0.15, 0.2) is 24.3 Å². The summed E-state index contributed by atoms with van der Waals surface area (Å²) in [6.07, 6.45) is 14.8. The second kappa shape index (κ2) is 13.9. The summed E-state index contributed by atoms with van der Waals surface area (Å²) in [6, 6.07) is 0. The van der Waals surface area contributed by atoms with E-state index in [4.69, 9.17) is 5.11 Å². The van der Waals surface area contributed by atoms with Crippen LogP contribution in [-0.4, -0.2) is 44.7 Å². The van der Waals surface area contributed by atoms with Crippen molar-refractivity contribution in [1.82, 2.24) is 0 Å². The Balaban J connectivity index is 2.39. The molecule has 0 amide bonds. The van der Waals surface area contributed by atoms with Gasteiger partial charge in [-0.3, -0.25) is 4.79 Å². The number of rotatable bonds is 14. The van der Waals surface area contributed by atoms with Crippen LogP contribution in [0, 0.1) is 11.8 Å². The Kier molecular flexibility index (Phi) is 12.3. The highest BCUT2D eigenvalue weighted by Gasteiger charge is 2.39. The maximum absolute atomic E-state index is 10.5. The van der Waals surface area contributed by atoms with Gasteiger partial charge in [0.15, 0.2) is 0 Å². The predicted molar refractivity (Wildman–Crippen MR) is 107 cm³/mol. The Labute approximate surface area is 163 Å². The van der Waals surface area contributed by atoms with E-state index in [2.05, 4.69) is 13.0 Å². The van der Waals surface area contributed by atoms with Gasteiger partial charge in [-0.25, -0.2) is 0 Å². The molecule has 156 valence electrons. The summed E-state index contributed by atoms with van der Waals surface area (Å²) in [5.74, 6) is -0.957. The van der Waals surface area contributed by atoms with Crippen molar-refractivity contribution < 1.29 is 25.2 Å². The van der Waals surface area contributed by atoms with E-state index in [0.29, 0.717) is 19.3 Å². The van der Waals surface area contributed by atoms with Gasteiger partial charge in [-0.05, 0) is 38.0 Å². The molecule has 4 N–H and O–H groups in total. The van der Waals surface area contributed by atoms with Gasteiger partial charge in [0.05, 0.1) is 18.3 Å². The monoisotopic (exact) mass is 382 g/mol. The number of aliphatic hydroxyl groups is 3. The highest BCUT2D eigenvalue weighted by atomic mass is 16.4. The van der Waals surface area contributed by atoms with Crippen LogP contribution in [0.4, 0.5) is 0 Å². The summed E-state index contributed by atoms with van der Waals surface area (Å²) >= 11 is 0. The molecule has 1 fully saturated rings. The lowest BCUT2D eigenvalue weighted by atomic mass is 9.88. The quantitative estimate of drug-likeness (QED) is 0.270. The van der Waals surface area contributed by atoms with E-state index in [1.54, 1.807) is 6.08 Å². The number of carboxylic acids is 1. The topological polar surface area (TPSA) is 98.0 Å². The predicted octanol–water partition coefficient (Wildman–Crippen LogP) is 3.82. The molecule has 1 rings (SSSR count). The van der Waals surface area contributed by atoms with E-state index in [9.17, 15) is 20.1 Å². The summed E-state index contributed by atoms with van der Waals surface area (Å²) in [4.78, 5) is 10.5.